The molecule has 3 aromatic rings. The van der Waals surface area contributed by atoms with E-state index in [0.717, 1.165) is 33.5 Å². The van der Waals surface area contributed by atoms with Crippen molar-refractivity contribution < 1.29 is 9.59 Å². The molecule has 0 aromatic heterocycles. The first-order valence-corrected chi connectivity index (χ1v) is 9.00. The third kappa shape index (κ3) is 4.20. The second-order valence-electron chi connectivity index (χ2n) is 6.84. The summed E-state index contributed by atoms with van der Waals surface area (Å²) in [7, 11) is 0. The number of nitrogens with one attached hydrogen (secondary N) is 2. The highest BCUT2D eigenvalue weighted by Gasteiger charge is 2.13. The van der Waals surface area contributed by atoms with E-state index in [4.69, 9.17) is 5.73 Å². The highest BCUT2D eigenvalue weighted by molar-refractivity contribution is 6.04. The SMILES string of the molecule is Cc1cc(C)c(NC(=O)Nc2cc(C(N)=O)ccc2-c2ccccc2)c(C)c1. The zero-order valence-electron chi connectivity index (χ0n) is 16.2. The fourth-order valence-electron chi connectivity index (χ4n) is 3.31. The van der Waals surface area contributed by atoms with Crippen molar-refractivity contribution in [3.05, 3.63) is 82.9 Å². The average molecular weight is 373 g/mol. The van der Waals surface area contributed by atoms with Gasteiger partial charge in [0, 0.05) is 16.8 Å². The molecule has 0 saturated heterocycles. The van der Waals surface area contributed by atoms with Crippen LogP contribution in [0.15, 0.2) is 60.7 Å². The minimum absolute atomic E-state index is 0.331. The minimum atomic E-state index is -0.548. The van der Waals surface area contributed by atoms with E-state index < -0.39 is 5.91 Å². The molecule has 3 rings (SSSR count). The first-order chi connectivity index (χ1) is 13.3. The van der Waals surface area contributed by atoms with Gasteiger partial charge < -0.3 is 16.4 Å². The molecule has 0 spiro atoms. The third-order valence-corrected chi connectivity index (χ3v) is 4.55. The molecule has 0 bridgehead atoms. The number of urea groups is 1. The molecule has 28 heavy (non-hydrogen) atoms. The summed E-state index contributed by atoms with van der Waals surface area (Å²) in [5.74, 6) is -0.548. The second-order valence-corrected chi connectivity index (χ2v) is 6.84. The van der Waals surface area contributed by atoms with Crippen molar-refractivity contribution in [1.82, 2.24) is 0 Å². The second kappa shape index (κ2) is 7.96. The number of carbonyl (C=O) groups excluding carboxylic acids is 2. The molecule has 0 fully saturated rings. The topological polar surface area (TPSA) is 84.2 Å². The van der Waals surface area contributed by atoms with E-state index in [1.165, 1.54) is 0 Å². The van der Waals surface area contributed by atoms with Crippen molar-refractivity contribution in [2.45, 2.75) is 20.8 Å². The molecular weight excluding hydrogens is 350 g/mol. The molecule has 0 radical (unpaired) electrons. The van der Waals surface area contributed by atoms with Gasteiger partial charge in [-0.1, -0.05) is 54.1 Å². The fourth-order valence-corrected chi connectivity index (χ4v) is 3.31. The van der Waals surface area contributed by atoms with Gasteiger partial charge in [-0.25, -0.2) is 4.79 Å². The van der Waals surface area contributed by atoms with Crippen molar-refractivity contribution in [3.63, 3.8) is 0 Å². The van der Waals surface area contributed by atoms with E-state index in [1.807, 2.05) is 63.2 Å². The van der Waals surface area contributed by atoms with Crippen LogP contribution in [0.4, 0.5) is 16.2 Å². The first kappa shape index (κ1) is 19.2. The number of hydrogen-bond acceptors (Lipinski definition) is 2. The van der Waals surface area contributed by atoms with Gasteiger partial charge in [0.05, 0.1) is 5.69 Å². The lowest BCUT2D eigenvalue weighted by Gasteiger charge is -2.16. The molecule has 3 amide bonds. The van der Waals surface area contributed by atoms with Crippen LogP contribution < -0.4 is 16.4 Å². The molecule has 0 atom stereocenters. The molecule has 142 valence electrons. The number of benzene rings is 3. The van der Waals surface area contributed by atoms with Gasteiger partial charge in [0.1, 0.15) is 0 Å². The zero-order valence-corrected chi connectivity index (χ0v) is 16.2. The average Bonchev–Trinajstić information content (AvgIpc) is 2.65. The largest absolute Gasteiger partial charge is 0.366 e. The maximum absolute atomic E-state index is 12.7. The summed E-state index contributed by atoms with van der Waals surface area (Å²) >= 11 is 0. The summed E-state index contributed by atoms with van der Waals surface area (Å²) in [6.07, 6.45) is 0. The van der Waals surface area contributed by atoms with Crippen LogP contribution >= 0.6 is 0 Å². The van der Waals surface area contributed by atoms with E-state index >= 15 is 0 Å². The molecule has 0 aliphatic heterocycles. The molecule has 0 unspecified atom stereocenters. The van der Waals surface area contributed by atoms with Crippen molar-refractivity contribution >= 4 is 23.3 Å². The summed E-state index contributed by atoms with van der Waals surface area (Å²) in [6, 6.07) is 18.3. The normalized spacial score (nSPS) is 10.4. The zero-order chi connectivity index (χ0) is 20.3. The monoisotopic (exact) mass is 373 g/mol. The number of anilines is 2. The lowest BCUT2D eigenvalue weighted by molar-refractivity contribution is 0.100. The van der Waals surface area contributed by atoms with Crippen LogP contribution in [0, 0.1) is 20.8 Å². The van der Waals surface area contributed by atoms with E-state index in [2.05, 4.69) is 10.6 Å². The molecule has 5 heteroatoms. The van der Waals surface area contributed by atoms with Crippen molar-refractivity contribution in [2.24, 2.45) is 5.73 Å². The molecule has 0 saturated carbocycles. The van der Waals surface area contributed by atoms with E-state index in [-0.39, 0.29) is 6.03 Å². The van der Waals surface area contributed by atoms with E-state index in [1.54, 1.807) is 18.2 Å². The summed E-state index contributed by atoms with van der Waals surface area (Å²) in [6.45, 7) is 5.93. The van der Waals surface area contributed by atoms with Crippen LogP contribution in [0.1, 0.15) is 27.0 Å². The van der Waals surface area contributed by atoms with Crippen LogP contribution in [0.2, 0.25) is 0 Å². The van der Waals surface area contributed by atoms with Gasteiger partial charge in [-0.2, -0.15) is 0 Å². The van der Waals surface area contributed by atoms with Crippen LogP contribution in [-0.2, 0) is 0 Å². The van der Waals surface area contributed by atoms with Gasteiger partial charge in [-0.15, -0.1) is 0 Å². The molecule has 5 nitrogen and oxygen atoms in total. The number of amides is 3. The van der Waals surface area contributed by atoms with Crippen LogP contribution in [0.3, 0.4) is 0 Å². The fraction of sp³-hybridized carbons (Fsp3) is 0.130. The number of hydrogen-bond donors (Lipinski definition) is 3. The Hall–Kier alpha value is -3.60. The standard InChI is InChI=1S/C23H23N3O2/c1-14-11-15(2)21(16(3)12-14)26-23(28)25-20-13-18(22(24)27)9-10-19(20)17-7-5-4-6-8-17/h4-13H,1-3H3,(H2,24,27)(H2,25,26,28). The Balaban J connectivity index is 1.93. The van der Waals surface area contributed by atoms with Crippen molar-refractivity contribution in [3.8, 4) is 11.1 Å². The summed E-state index contributed by atoms with van der Waals surface area (Å²) in [4.78, 5) is 24.3. The lowest BCUT2D eigenvalue weighted by atomic mass is 10.0. The predicted octanol–water partition coefficient (Wildman–Crippen LogP) is 5.02. The Kier molecular flexibility index (Phi) is 5.45. The Morgan fingerprint density at radius 3 is 2.07 bits per heavy atom. The quantitative estimate of drug-likeness (QED) is 0.600. The summed E-state index contributed by atoms with van der Waals surface area (Å²) in [5.41, 5.74) is 11.9. The highest BCUT2D eigenvalue weighted by atomic mass is 16.2. The van der Waals surface area contributed by atoms with E-state index in [9.17, 15) is 9.59 Å². The number of primary amides is 1. The van der Waals surface area contributed by atoms with Crippen LogP contribution in [0.25, 0.3) is 11.1 Å². The number of rotatable bonds is 4. The van der Waals surface area contributed by atoms with Gasteiger partial charge >= 0.3 is 6.03 Å². The highest BCUT2D eigenvalue weighted by Crippen LogP contribution is 2.29. The smallest absolute Gasteiger partial charge is 0.323 e. The van der Waals surface area contributed by atoms with Gasteiger partial charge in [0.2, 0.25) is 5.91 Å². The van der Waals surface area contributed by atoms with Gasteiger partial charge in [-0.05, 0) is 49.6 Å². The Morgan fingerprint density at radius 1 is 0.821 bits per heavy atom. The molecular formula is C23H23N3O2. The molecule has 0 aliphatic rings. The van der Waals surface area contributed by atoms with Crippen LogP contribution in [-0.4, -0.2) is 11.9 Å². The van der Waals surface area contributed by atoms with Crippen LogP contribution in [0.5, 0.6) is 0 Å². The molecule has 0 aliphatic carbocycles. The minimum Gasteiger partial charge on any atom is -0.366 e. The first-order valence-electron chi connectivity index (χ1n) is 9.00. The molecule has 3 aromatic carbocycles. The van der Waals surface area contributed by atoms with Crippen molar-refractivity contribution in [1.29, 1.82) is 0 Å². The predicted molar refractivity (Wildman–Crippen MR) is 114 cm³/mol. The maximum Gasteiger partial charge on any atom is 0.323 e. The van der Waals surface area contributed by atoms with Crippen molar-refractivity contribution in [2.75, 3.05) is 10.6 Å². The van der Waals surface area contributed by atoms with Gasteiger partial charge in [0.25, 0.3) is 0 Å². The Bertz CT molecular complexity index is 1020. The van der Waals surface area contributed by atoms with Gasteiger partial charge in [-0.3, -0.25) is 4.79 Å². The Labute approximate surface area is 164 Å². The maximum atomic E-state index is 12.7. The number of carbonyl (C=O) groups is 2. The molecule has 4 N–H and O–H groups in total. The molecule has 0 heterocycles. The third-order valence-electron chi connectivity index (χ3n) is 4.55. The Morgan fingerprint density at radius 2 is 1.46 bits per heavy atom. The number of nitrogens with two attached hydrogens (primary N) is 1. The summed E-state index contributed by atoms with van der Waals surface area (Å²) < 4.78 is 0. The van der Waals surface area contributed by atoms with Gasteiger partial charge in [0.15, 0.2) is 0 Å². The summed E-state index contributed by atoms with van der Waals surface area (Å²) in [5, 5.41) is 5.78. The van der Waals surface area contributed by atoms with E-state index in [0.29, 0.717) is 11.3 Å². The number of aryl methyl sites for hydroxylation is 3. The lowest BCUT2D eigenvalue weighted by Crippen LogP contribution is -2.21.